The predicted molar refractivity (Wildman–Crippen MR) is 107 cm³/mol. The molecule has 0 saturated carbocycles. The highest BCUT2D eigenvalue weighted by Crippen LogP contribution is 2.49. The second-order valence-corrected chi connectivity index (χ2v) is 7.59. The lowest BCUT2D eigenvalue weighted by atomic mass is 9.73. The molecule has 2 atom stereocenters. The van der Waals surface area contributed by atoms with Gasteiger partial charge in [0.05, 0.1) is 11.5 Å². The summed E-state index contributed by atoms with van der Waals surface area (Å²) in [4.78, 5) is 39.9. The molecule has 28 heavy (non-hydrogen) atoms. The van der Waals surface area contributed by atoms with E-state index in [0.717, 1.165) is 24.1 Å². The van der Waals surface area contributed by atoms with Gasteiger partial charge in [-0.1, -0.05) is 37.6 Å². The Balaban J connectivity index is 1.59. The fourth-order valence-electron chi connectivity index (χ4n) is 4.78. The molecule has 1 fully saturated rings. The molecule has 2 aromatic rings. The van der Waals surface area contributed by atoms with Gasteiger partial charge in [-0.05, 0) is 30.5 Å². The first kappa shape index (κ1) is 18.5. The van der Waals surface area contributed by atoms with Gasteiger partial charge in [-0.25, -0.2) is 0 Å². The van der Waals surface area contributed by atoms with E-state index in [9.17, 15) is 14.4 Å². The Kier molecular flexibility index (Phi) is 4.79. The SMILES string of the molecule is CCC[C@@H]1N(C(=O)CCn2ccccc2=O)CC[C@]12C(=O)Nc1ccccc12. The number of amides is 2. The Labute approximate surface area is 164 Å². The van der Waals surface area contributed by atoms with Crippen LogP contribution in [0.4, 0.5) is 5.69 Å². The van der Waals surface area contributed by atoms with Gasteiger partial charge in [0.2, 0.25) is 11.8 Å². The number of hydrogen-bond acceptors (Lipinski definition) is 3. The van der Waals surface area contributed by atoms with Gasteiger partial charge in [0.1, 0.15) is 0 Å². The summed E-state index contributed by atoms with van der Waals surface area (Å²) in [5, 5.41) is 3.02. The summed E-state index contributed by atoms with van der Waals surface area (Å²) in [5.41, 5.74) is 1.10. The number of fused-ring (bicyclic) bond motifs is 2. The van der Waals surface area contributed by atoms with Crippen LogP contribution in [0.5, 0.6) is 0 Å². The standard InChI is InChI=1S/C22H25N3O3/c1-2-7-18-22(16-8-3-4-9-17(16)23-21(22)28)12-15-25(18)20(27)11-14-24-13-6-5-10-19(24)26/h3-6,8-10,13,18H,2,7,11-12,14-15H2,1H3,(H,23,28)/t18-,22+/m0/s1. The lowest BCUT2D eigenvalue weighted by Gasteiger charge is -2.34. The van der Waals surface area contributed by atoms with E-state index in [1.54, 1.807) is 22.9 Å². The van der Waals surface area contributed by atoms with Crippen LogP contribution < -0.4 is 10.9 Å². The number of pyridine rings is 1. The van der Waals surface area contributed by atoms with Crippen molar-refractivity contribution in [3.8, 4) is 0 Å². The number of rotatable bonds is 5. The van der Waals surface area contributed by atoms with Crippen molar-refractivity contribution in [1.29, 1.82) is 0 Å². The Morgan fingerprint density at radius 2 is 1.96 bits per heavy atom. The predicted octanol–water partition coefficient (Wildman–Crippen LogP) is 2.53. The Morgan fingerprint density at radius 3 is 2.75 bits per heavy atom. The topological polar surface area (TPSA) is 71.4 Å². The van der Waals surface area contributed by atoms with Crippen molar-refractivity contribution in [1.82, 2.24) is 9.47 Å². The van der Waals surface area contributed by atoms with Gasteiger partial charge in [0, 0.05) is 37.5 Å². The number of carbonyl (C=O) groups is 2. The van der Waals surface area contributed by atoms with Crippen molar-refractivity contribution in [2.24, 2.45) is 0 Å². The maximum absolute atomic E-state index is 13.1. The van der Waals surface area contributed by atoms with E-state index in [4.69, 9.17) is 0 Å². The third-order valence-corrected chi connectivity index (χ3v) is 6.10. The normalized spacial score (nSPS) is 23.1. The molecule has 1 saturated heterocycles. The first-order chi connectivity index (χ1) is 13.6. The zero-order valence-electron chi connectivity index (χ0n) is 16.1. The molecule has 4 rings (SSSR count). The molecule has 0 radical (unpaired) electrons. The third-order valence-electron chi connectivity index (χ3n) is 6.10. The van der Waals surface area contributed by atoms with Crippen LogP contribution >= 0.6 is 0 Å². The van der Waals surface area contributed by atoms with Crippen LogP contribution in [0.2, 0.25) is 0 Å². The molecule has 0 aliphatic carbocycles. The average Bonchev–Trinajstić information content (AvgIpc) is 3.21. The van der Waals surface area contributed by atoms with Crippen LogP contribution in [-0.4, -0.2) is 33.9 Å². The first-order valence-electron chi connectivity index (χ1n) is 9.94. The zero-order chi connectivity index (χ0) is 19.7. The average molecular weight is 379 g/mol. The van der Waals surface area contributed by atoms with Crippen LogP contribution in [0, 0.1) is 0 Å². The van der Waals surface area contributed by atoms with E-state index >= 15 is 0 Å². The highest BCUT2D eigenvalue weighted by atomic mass is 16.2. The summed E-state index contributed by atoms with van der Waals surface area (Å²) in [6, 6.07) is 12.6. The molecule has 146 valence electrons. The molecule has 6 heteroatoms. The lowest BCUT2D eigenvalue weighted by molar-refractivity contribution is -0.133. The van der Waals surface area contributed by atoms with Gasteiger partial charge in [0.25, 0.3) is 5.56 Å². The van der Waals surface area contributed by atoms with Crippen LogP contribution in [0.1, 0.15) is 38.2 Å². The van der Waals surface area contributed by atoms with Crippen LogP contribution in [0.3, 0.4) is 0 Å². The van der Waals surface area contributed by atoms with E-state index in [1.165, 1.54) is 6.07 Å². The number of hydrogen-bond donors (Lipinski definition) is 1. The fraction of sp³-hybridized carbons (Fsp3) is 0.409. The van der Waals surface area contributed by atoms with E-state index in [-0.39, 0.29) is 29.8 Å². The first-order valence-corrected chi connectivity index (χ1v) is 9.94. The maximum atomic E-state index is 13.1. The van der Waals surface area contributed by atoms with Crippen LogP contribution in [0.25, 0.3) is 0 Å². The Bertz CT molecular complexity index is 967. The highest BCUT2D eigenvalue weighted by Gasteiger charge is 2.58. The van der Waals surface area contributed by atoms with E-state index < -0.39 is 5.41 Å². The number of likely N-dealkylation sites (tertiary alicyclic amines) is 1. The number of aromatic nitrogens is 1. The summed E-state index contributed by atoms with van der Waals surface area (Å²) >= 11 is 0. The molecule has 1 N–H and O–H groups in total. The summed E-state index contributed by atoms with van der Waals surface area (Å²) in [7, 11) is 0. The number of carbonyl (C=O) groups excluding carboxylic acids is 2. The van der Waals surface area contributed by atoms with E-state index in [0.29, 0.717) is 19.5 Å². The molecule has 2 amide bonds. The number of para-hydroxylation sites is 1. The van der Waals surface area contributed by atoms with Gasteiger partial charge >= 0.3 is 0 Å². The molecule has 1 spiro atoms. The largest absolute Gasteiger partial charge is 0.338 e. The summed E-state index contributed by atoms with van der Waals surface area (Å²) < 4.78 is 1.55. The second-order valence-electron chi connectivity index (χ2n) is 7.59. The van der Waals surface area contributed by atoms with Crippen LogP contribution in [-0.2, 0) is 21.5 Å². The lowest BCUT2D eigenvalue weighted by Crippen LogP contribution is -2.48. The molecular formula is C22H25N3O3. The zero-order valence-corrected chi connectivity index (χ0v) is 16.1. The number of benzene rings is 1. The monoisotopic (exact) mass is 379 g/mol. The smallest absolute Gasteiger partial charge is 0.250 e. The van der Waals surface area contributed by atoms with Crippen molar-refractivity contribution in [3.63, 3.8) is 0 Å². The van der Waals surface area contributed by atoms with Gasteiger partial charge in [-0.15, -0.1) is 0 Å². The highest BCUT2D eigenvalue weighted by molar-refractivity contribution is 6.07. The van der Waals surface area contributed by atoms with Crippen molar-refractivity contribution in [2.75, 3.05) is 11.9 Å². The molecule has 1 aromatic carbocycles. The van der Waals surface area contributed by atoms with E-state index in [2.05, 4.69) is 12.2 Å². The van der Waals surface area contributed by atoms with Crippen molar-refractivity contribution in [2.45, 2.75) is 50.6 Å². The molecule has 1 aromatic heterocycles. The van der Waals surface area contributed by atoms with Crippen molar-refractivity contribution < 1.29 is 9.59 Å². The van der Waals surface area contributed by atoms with Gasteiger partial charge < -0.3 is 14.8 Å². The summed E-state index contributed by atoms with van der Waals surface area (Å²) in [6.45, 7) is 3.00. The molecule has 2 aliphatic rings. The van der Waals surface area contributed by atoms with Crippen molar-refractivity contribution >= 4 is 17.5 Å². The van der Waals surface area contributed by atoms with Gasteiger partial charge in [-0.3, -0.25) is 14.4 Å². The Morgan fingerprint density at radius 1 is 1.18 bits per heavy atom. The van der Waals surface area contributed by atoms with E-state index in [1.807, 2.05) is 29.2 Å². The maximum Gasteiger partial charge on any atom is 0.250 e. The number of aryl methyl sites for hydroxylation is 1. The summed E-state index contributed by atoms with van der Waals surface area (Å²) in [5.74, 6) is 0.00462. The number of anilines is 1. The minimum Gasteiger partial charge on any atom is -0.338 e. The quantitative estimate of drug-likeness (QED) is 0.868. The molecule has 0 unspecified atom stereocenters. The number of nitrogens with one attached hydrogen (secondary N) is 1. The minimum absolute atomic E-state index is 0.00160. The number of nitrogens with zero attached hydrogens (tertiary/aromatic N) is 2. The fourth-order valence-corrected chi connectivity index (χ4v) is 4.78. The van der Waals surface area contributed by atoms with Crippen LogP contribution in [0.15, 0.2) is 53.5 Å². The minimum atomic E-state index is -0.661. The van der Waals surface area contributed by atoms with Crippen molar-refractivity contribution in [3.05, 3.63) is 64.6 Å². The molecule has 3 heterocycles. The Hall–Kier alpha value is -2.89. The third kappa shape index (κ3) is 2.84. The molecule has 6 nitrogen and oxygen atoms in total. The van der Waals surface area contributed by atoms with Gasteiger partial charge in [0.15, 0.2) is 0 Å². The molecule has 2 aliphatic heterocycles. The van der Waals surface area contributed by atoms with Gasteiger partial charge in [-0.2, -0.15) is 0 Å². The summed E-state index contributed by atoms with van der Waals surface area (Å²) in [6.07, 6.45) is 4.26. The molecular weight excluding hydrogens is 354 g/mol. The second kappa shape index (κ2) is 7.26. The molecule has 0 bridgehead atoms.